The largest absolute Gasteiger partial charge is 0.497 e. The summed E-state index contributed by atoms with van der Waals surface area (Å²) in [6.07, 6.45) is 2.45. The highest BCUT2D eigenvalue weighted by atomic mass is 35.5. The normalized spacial score (nSPS) is 11.3. The molecule has 0 spiro atoms. The van der Waals surface area contributed by atoms with Crippen molar-refractivity contribution in [2.45, 2.75) is 19.9 Å². The molecule has 6 heteroatoms. The minimum absolute atomic E-state index is 0.506. The van der Waals surface area contributed by atoms with Crippen LogP contribution in [0.4, 0.5) is 0 Å². The first-order valence-corrected chi connectivity index (χ1v) is 7.97. The molecule has 2 aromatic rings. The van der Waals surface area contributed by atoms with Gasteiger partial charge in [0.15, 0.2) is 5.96 Å². The molecule has 5 nitrogen and oxygen atoms in total. The van der Waals surface area contributed by atoms with E-state index in [1.54, 1.807) is 13.4 Å². The number of ether oxygens (including phenoxy) is 1. The number of furan rings is 1. The van der Waals surface area contributed by atoms with E-state index in [4.69, 9.17) is 20.8 Å². The van der Waals surface area contributed by atoms with Crippen molar-refractivity contribution in [1.82, 2.24) is 10.6 Å². The zero-order valence-electron chi connectivity index (χ0n) is 13.4. The number of aliphatic imine (C=N–C) groups is 1. The maximum absolute atomic E-state index is 6.25. The Balaban J connectivity index is 1.87. The number of methoxy groups -OCH3 is 1. The zero-order chi connectivity index (χ0) is 16.5. The molecule has 0 unspecified atom stereocenters. The van der Waals surface area contributed by atoms with Gasteiger partial charge in [0.2, 0.25) is 0 Å². The van der Waals surface area contributed by atoms with Crippen LogP contribution < -0.4 is 15.4 Å². The predicted octanol–water partition coefficient (Wildman–Crippen LogP) is 3.24. The topological polar surface area (TPSA) is 58.8 Å². The highest BCUT2D eigenvalue weighted by Gasteiger charge is 2.04. The van der Waals surface area contributed by atoms with E-state index in [1.165, 1.54) is 0 Å². The molecular formula is C17H22ClN3O2. The lowest BCUT2D eigenvalue weighted by Gasteiger charge is -2.12. The molecule has 124 valence electrons. The monoisotopic (exact) mass is 335 g/mol. The number of rotatable bonds is 7. The minimum Gasteiger partial charge on any atom is -0.497 e. The Kier molecular flexibility index (Phi) is 6.81. The van der Waals surface area contributed by atoms with Gasteiger partial charge in [0.1, 0.15) is 18.1 Å². The van der Waals surface area contributed by atoms with E-state index in [-0.39, 0.29) is 0 Å². The van der Waals surface area contributed by atoms with Crippen LogP contribution in [0.5, 0.6) is 5.75 Å². The Morgan fingerprint density at radius 1 is 1.30 bits per heavy atom. The van der Waals surface area contributed by atoms with Crippen molar-refractivity contribution in [3.63, 3.8) is 0 Å². The van der Waals surface area contributed by atoms with Crippen LogP contribution >= 0.6 is 11.6 Å². The average molecular weight is 336 g/mol. The van der Waals surface area contributed by atoms with Gasteiger partial charge in [0.25, 0.3) is 0 Å². The van der Waals surface area contributed by atoms with E-state index in [9.17, 15) is 0 Å². The second-order valence-electron chi connectivity index (χ2n) is 4.91. The first-order valence-electron chi connectivity index (χ1n) is 7.60. The van der Waals surface area contributed by atoms with Crippen molar-refractivity contribution in [3.05, 3.63) is 52.9 Å². The molecule has 0 saturated carbocycles. The van der Waals surface area contributed by atoms with Gasteiger partial charge >= 0.3 is 0 Å². The lowest BCUT2D eigenvalue weighted by Crippen LogP contribution is -2.38. The highest BCUT2D eigenvalue weighted by Crippen LogP contribution is 2.22. The van der Waals surface area contributed by atoms with Crippen molar-refractivity contribution in [1.29, 1.82) is 0 Å². The first-order chi connectivity index (χ1) is 11.2. The number of nitrogens with one attached hydrogen (secondary N) is 2. The number of halogens is 1. The summed E-state index contributed by atoms with van der Waals surface area (Å²) >= 11 is 6.25. The van der Waals surface area contributed by atoms with Gasteiger partial charge in [-0.25, -0.2) is 4.99 Å². The second kappa shape index (κ2) is 9.10. The lowest BCUT2D eigenvalue weighted by atomic mass is 10.1. The fourth-order valence-corrected chi connectivity index (χ4v) is 2.34. The Morgan fingerprint density at radius 2 is 2.17 bits per heavy atom. The van der Waals surface area contributed by atoms with Crippen molar-refractivity contribution in [2.75, 3.05) is 20.2 Å². The fraction of sp³-hybridized carbons (Fsp3) is 0.353. The van der Waals surface area contributed by atoms with Gasteiger partial charge in [-0.05, 0) is 43.2 Å². The van der Waals surface area contributed by atoms with Crippen LogP contribution in [0.25, 0.3) is 0 Å². The predicted molar refractivity (Wildman–Crippen MR) is 93.2 cm³/mol. The molecule has 0 fully saturated rings. The molecule has 0 aliphatic heterocycles. The summed E-state index contributed by atoms with van der Waals surface area (Å²) in [6, 6.07) is 9.49. The quantitative estimate of drug-likeness (QED) is 0.602. The molecule has 2 N–H and O–H groups in total. The Morgan fingerprint density at radius 3 is 2.83 bits per heavy atom. The summed E-state index contributed by atoms with van der Waals surface area (Å²) in [5, 5.41) is 7.21. The summed E-state index contributed by atoms with van der Waals surface area (Å²) in [5.74, 6) is 2.36. The molecule has 0 aliphatic rings. The zero-order valence-corrected chi connectivity index (χ0v) is 14.2. The minimum atomic E-state index is 0.506. The smallest absolute Gasteiger partial charge is 0.191 e. The van der Waals surface area contributed by atoms with E-state index in [1.807, 2.05) is 37.3 Å². The third kappa shape index (κ3) is 5.53. The Bertz CT molecular complexity index is 627. The highest BCUT2D eigenvalue weighted by molar-refractivity contribution is 6.31. The van der Waals surface area contributed by atoms with Gasteiger partial charge in [0, 0.05) is 18.1 Å². The molecule has 1 heterocycles. The summed E-state index contributed by atoms with van der Waals surface area (Å²) in [4.78, 5) is 4.48. The number of benzene rings is 1. The summed E-state index contributed by atoms with van der Waals surface area (Å²) in [7, 11) is 1.63. The van der Waals surface area contributed by atoms with Crippen molar-refractivity contribution < 1.29 is 9.15 Å². The Labute approximate surface area is 141 Å². The summed E-state index contributed by atoms with van der Waals surface area (Å²) < 4.78 is 10.4. The second-order valence-corrected chi connectivity index (χ2v) is 5.32. The number of guanidine groups is 1. The maximum Gasteiger partial charge on any atom is 0.191 e. The van der Waals surface area contributed by atoms with Crippen LogP contribution in [0.3, 0.4) is 0 Å². The molecule has 0 amide bonds. The van der Waals surface area contributed by atoms with E-state index < -0.39 is 0 Å². The molecule has 0 saturated heterocycles. The lowest BCUT2D eigenvalue weighted by molar-refractivity contribution is 0.414. The standard InChI is InChI=1S/C17H22ClN3O2/c1-3-19-17(21-12-15-5-4-10-23-15)20-9-8-13-6-7-14(22-2)11-16(13)18/h4-7,10-11H,3,8-9,12H2,1-2H3,(H2,19,20,21). The van der Waals surface area contributed by atoms with Crippen LogP contribution in [-0.4, -0.2) is 26.2 Å². The van der Waals surface area contributed by atoms with Gasteiger partial charge < -0.3 is 19.8 Å². The fourth-order valence-electron chi connectivity index (χ4n) is 2.07. The SMILES string of the molecule is CCNC(=NCc1ccco1)NCCc1ccc(OC)cc1Cl. The van der Waals surface area contributed by atoms with Gasteiger partial charge in [0.05, 0.1) is 13.4 Å². The first kappa shape index (κ1) is 17.2. The van der Waals surface area contributed by atoms with E-state index in [0.717, 1.165) is 42.5 Å². The third-order valence-electron chi connectivity index (χ3n) is 3.26. The van der Waals surface area contributed by atoms with Gasteiger partial charge in [-0.1, -0.05) is 17.7 Å². The molecule has 0 radical (unpaired) electrons. The van der Waals surface area contributed by atoms with Gasteiger partial charge in [-0.15, -0.1) is 0 Å². The number of nitrogens with zero attached hydrogens (tertiary/aromatic N) is 1. The molecule has 2 rings (SSSR count). The van der Waals surface area contributed by atoms with Crippen LogP contribution in [0.2, 0.25) is 5.02 Å². The molecular weight excluding hydrogens is 314 g/mol. The number of hydrogen-bond acceptors (Lipinski definition) is 3. The average Bonchev–Trinajstić information content (AvgIpc) is 3.07. The van der Waals surface area contributed by atoms with Crippen LogP contribution in [-0.2, 0) is 13.0 Å². The maximum atomic E-state index is 6.25. The van der Waals surface area contributed by atoms with Crippen LogP contribution in [0, 0.1) is 0 Å². The van der Waals surface area contributed by atoms with Gasteiger partial charge in [-0.2, -0.15) is 0 Å². The van der Waals surface area contributed by atoms with Gasteiger partial charge in [-0.3, -0.25) is 0 Å². The molecule has 1 aromatic carbocycles. The van der Waals surface area contributed by atoms with Crippen molar-refractivity contribution in [2.24, 2.45) is 4.99 Å². The summed E-state index contributed by atoms with van der Waals surface area (Å²) in [5.41, 5.74) is 1.07. The molecule has 0 atom stereocenters. The Hall–Kier alpha value is -2.14. The van der Waals surface area contributed by atoms with Crippen LogP contribution in [0.1, 0.15) is 18.2 Å². The number of hydrogen-bond donors (Lipinski definition) is 2. The molecule has 0 aliphatic carbocycles. The van der Waals surface area contributed by atoms with E-state index in [0.29, 0.717) is 11.6 Å². The van der Waals surface area contributed by atoms with Crippen LogP contribution in [0.15, 0.2) is 46.0 Å². The van der Waals surface area contributed by atoms with Crippen molar-refractivity contribution in [3.8, 4) is 5.75 Å². The van der Waals surface area contributed by atoms with Crippen molar-refractivity contribution >= 4 is 17.6 Å². The summed E-state index contributed by atoms with van der Waals surface area (Å²) in [6.45, 7) is 4.07. The molecule has 23 heavy (non-hydrogen) atoms. The molecule has 0 bridgehead atoms. The third-order valence-corrected chi connectivity index (χ3v) is 3.62. The van der Waals surface area contributed by atoms with E-state index >= 15 is 0 Å². The van der Waals surface area contributed by atoms with E-state index in [2.05, 4.69) is 15.6 Å². The molecule has 1 aromatic heterocycles.